The van der Waals surface area contributed by atoms with E-state index in [9.17, 15) is 32.9 Å². The number of nitrogens with one attached hydrogen (secondary N) is 1. The normalized spacial score (nSPS) is 17.6. The SMILES string of the molecule is CN1C(=O)[C@@H](NC(=O)C(F)(F)F)COc2cc([N+](=O)[O-])c(Br)cc21. The van der Waals surface area contributed by atoms with Crippen LogP contribution in [0.15, 0.2) is 16.6 Å². The van der Waals surface area contributed by atoms with Gasteiger partial charge in [0.15, 0.2) is 0 Å². The Balaban J connectivity index is 2.34. The third kappa shape index (κ3) is 3.42. The summed E-state index contributed by atoms with van der Waals surface area (Å²) in [6.07, 6.45) is -5.15. The number of nitrogens with zero attached hydrogens (tertiary/aromatic N) is 2. The molecule has 0 spiro atoms. The van der Waals surface area contributed by atoms with Gasteiger partial charge in [-0.1, -0.05) is 0 Å². The van der Waals surface area contributed by atoms with Crippen LogP contribution in [0.3, 0.4) is 0 Å². The summed E-state index contributed by atoms with van der Waals surface area (Å²) in [5.41, 5.74) is -0.228. The molecule has 0 aliphatic carbocycles. The number of benzene rings is 1. The van der Waals surface area contributed by atoms with Crippen LogP contribution in [0.5, 0.6) is 5.75 Å². The first-order chi connectivity index (χ1) is 11.0. The Bertz CT molecular complexity index is 725. The highest BCUT2D eigenvalue weighted by molar-refractivity contribution is 9.10. The fourth-order valence-corrected chi connectivity index (χ4v) is 2.47. The quantitative estimate of drug-likeness (QED) is 0.590. The van der Waals surface area contributed by atoms with Crippen LogP contribution in [0.2, 0.25) is 0 Å². The molecule has 12 heteroatoms. The molecule has 0 aromatic heterocycles. The lowest BCUT2D eigenvalue weighted by Gasteiger charge is -2.20. The molecule has 1 atom stereocenters. The van der Waals surface area contributed by atoms with E-state index in [0.717, 1.165) is 11.0 Å². The first-order valence-electron chi connectivity index (χ1n) is 6.28. The van der Waals surface area contributed by atoms with Gasteiger partial charge >= 0.3 is 12.1 Å². The van der Waals surface area contributed by atoms with E-state index in [0.29, 0.717) is 0 Å². The third-order valence-electron chi connectivity index (χ3n) is 3.18. The smallest absolute Gasteiger partial charge is 0.471 e. The highest BCUT2D eigenvalue weighted by Crippen LogP contribution is 2.39. The molecule has 1 heterocycles. The fourth-order valence-electron chi connectivity index (χ4n) is 1.99. The zero-order chi connectivity index (χ0) is 18.2. The van der Waals surface area contributed by atoms with E-state index in [-0.39, 0.29) is 21.6 Å². The standard InChI is InChI=1S/C12H9BrF3N3O5/c1-18-8-2-5(13)7(19(22)23)3-9(8)24-4-6(10(18)20)17-11(21)12(14,15)16/h2-3,6H,4H2,1H3,(H,17,21)/t6-/m0/s1. The topological polar surface area (TPSA) is 102 Å². The van der Waals surface area contributed by atoms with Crippen LogP contribution in [0.25, 0.3) is 0 Å². The van der Waals surface area contributed by atoms with Crippen LogP contribution >= 0.6 is 15.9 Å². The molecule has 130 valence electrons. The van der Waals surface area contributed by atoms with Gasteiger partial charge in [-0.05, 0) is 22.0 Å². The van der Waals surface area contributed by atoms with Gasteiger partial charge in [0.05, 0.1) is 21.1 Å². The summed E-state index contributed by atoms with van der Waals surface area (Å²) in [6, 6.07) is 0.686. The second kappa shape index (κ2) is 6.26. The maximum atomic E-state index is 12.3. The maximum Gasteiger partial charge on any atom is 0.471 e. The second-order valence-electron chi connectivity index (χ2n) is 4.76. The molecule has 1 aliphatic heterocycles. The Hall–Kier alpha value is -2.37. The number of ether oxygens (including phenoxy) is 1. The monoisotopic (exact) mass is 411 g/mol. The Labute approximate surface area is 140 Å². The van der Waals surface area contributed by atoms with E-state index in [1.165, 1.54) is 13.1 Å². The molecule has 8 nitrogen and oxygen atoms in total. The lowest BCUT2D eigenvalue weighted by atomic mass is 10.2. The minimum absolute atomic E-state index is 0.0623. The predicted molar refractivity (Wildman–Crippen MR) is 77.7 cm³/mol. The van der Waals surface area contributed by atoms with E-state index >= 15 is 0 Å². The summed E-state index contributed by atoms with van der Waals surface area (Å²) in [5, 5.41) is 12.5. The van der Waals surface area contributed by atoms with Crippen molar-refractivity contribution in [1.29, 1.82) is 0 Å². The lowest BCUT2D eigenvalue weighted by molar-refractivity contribution is -0.385. The van der Waals surface area contributed by atoms with Gasteiger partial charge in [0, 0.05) is 7.05 Å². The van der Waals surface area contributed by atoms with Gasteiger partial charge in [0.1, 0.15) is 18.4 Å². The zero-order valence-corrected chi connectivity index (χ0v) is 13.5. The molecular weight excluding hydrogens is 403 g/mol. The number of amides is 2. The molecule has 1 aliphatic rings. The summed E-state index contributed by atoms with van der Waals surface area (Å²) in [7, 11) is 1.25. The van der Waals surface area contributed by atoms with E-state index in [4.69, 9.17) is 4.74 Å². The molecule has 1 aromatic rings. The first kappa shape index (κ1) is 18.0. The number of carbonyl (C=O) groups is 2. The van der Waals surface area contributed by atoms with Crippen molar-refractivity contribution in [3.05, 3.63) is 26.7 Å². The number of nitro benzene ring substituents is 1. The summed E-state index contributed by atoms with van der Waals surface area (Å²) in [6.45, 7) is -0.600. The number of carbonyl (C=O) groups excluding carboxylic acids is 2. The summed E-state index contributed by atoms with van der Waals surface area (Å²) in [4.78, 5) is 34.4. The first-order valence-corrected chi connectivity index (χ1v) is 7.07. The number of anilines is 1. The molecule has 0 unspecified atom stereocenters. The van der Waals surface area contributed by atoms with Crippen LogP contribution in [0.1, 0.15) is 0 Å². The summed E-state index contributed by atoms with van der Waals surface area (Å²) in [5.74, 6) is -3.20. The zero-order valence-electron chi connectivity index (χ0n) is 11.9. The van der Waals surface area contributed by atoms with Gasteiger partial charge in [-0.2, -0.15) is 13.2 Å². The highest BCUT2D eigenvalue weighted by Gasteiger charge is 2.42. The molecule has 0 saturated heterocycles. The number of halogens is 4. The Kier molecular flexibility index (Phi) is 4.69. The minimum Gasteiger partial charge on any atom is -0.488 e. The molecule has 2 amide bonds. The average molecular weight is 412 g/mol. The Morgan fingerprint density at radius 1 is 1.50 bits per heavy atom. The van der Waals surface area contributed by atoms with E-state index < -0.39 is 35.6 Å². The molecule has 24 heavy (non-hydrogen) atoms. The Morgan fingerprint density at radius 2 is 2.12 bits per heavy atom. The van der Waals surface area contributed by atoms with Crippen molar-refractivity contribution in [2.24, 2.45) is 0 Å². The molecule has 1 N–H and O–H groups in total. The van der Waals surface area contributed by atoms with Crippen molar-refractivity contribution >= 4 is 39.1 Å². The van der Waals surface area contributed by atoms with Gasteiger partial charge < -0.3 is 15.0 Å². The third-order valence-corrected chi connectivity index (χ3v) is 3.82. The van der Waals surface area contributed by atoms with Crippen LogP contribution in [0.4, 0.5) is 24.5 Å². The molecule has 0 fully saturated rings. The van der Waals surface area contributed by atoms with Gasteiger partial charge in [-0.3, -0.25) is 19.7 Å². The van der Waals surface area contributed by atoms with Gasteiger partial charge in [0.2, 0.25) is 0 Å². The number of likely N-dealkylation sites (N-methyl/N-ethyl adjacent to an activating group) is 1. The molecule has 0 saturated carbocycles. The number of alkyl halides is 3. The van der Waals surface area contributed by atoms with Crippen molar-refractivity contribution in [2.75, 3.05) is 18.6 Å². The summed E-state index contributed by atoms with van der Waals surface area (Å²) < 4.78 is 42.2. The molecule has 0 radical (unpaired) electrons. The van der Waals surface area contributed by atoms with E-state index in [2.05, 4.69) is 15.9 Å². The number of fused-ring (bicyclic) bond motifs is 1. The van der Waals surface area contributed by atoms with Crippen molar-refractivity contribution in [2.45, 2.75) is 12.2 Å². The van der Waals surface area contributed by atoms with E-state index in [1.54, 1.807) is 5.32 Å². The van der Waals surface area contributed by atoms with Crippen molar-refractivity contribution in [3.8, 4) is 5.75 Å². The fraction of sp³-hybridized carbons (Fsp3) is 0.333. The van der Waals surface area contributed by atoms with Gasteiger partial charge in [-0.15, -0.1) is 0 Å². The lowest BCUT2D eigenvalue weighted by Crippen LogP contribution is -2.52. The van der Waals surface area contributed by atoms with Crippen molar-refractivity contribution in [3.63, 3.8) is 0 Å². The van der Waals surface area contributed by atoms with Gasteiger partial charge in [0.25, 0.3) is 11.6 Å². The van der Waals surface area contributed by atoms with Gasteiger partial charge in [-0.25, -0.2) is 0 Å². The van der Waals surface area contributed by atoms with E-state index in [1.807, 2.05) is 0 Å². The Morgan fingerprint density at radius 3 is 2.67 bits per heavy atom. The van der Waals surface area contributed by atoms with Crippen LogP contribution in [-0.4, -0.2) is 42.6 Å². The minimum atomic E-state index is -5.15. The highest BCUT2D eigenvalue weighted by atomic mass is 79.9. The van der Waals surface area contributed by atoms with Crippen molar-refractivity contribution in [1.82, 2.24) is 5.32 Å². The van der Waals surface area contributed by atoms with Crippen LogP contribution < -0.4 is 15.0 Å². The second-order valence-corrected chi connectivity index (χ2v) is 5.61. The number of rotatable bonds is 2. The average Bonchev–Trinajstić information content (AvgIpc) is 2.58. The predicted octanol–water partition coefficient (Wildman–Crippen LogP) is 1.76. The number of hydrogen-bond acceptors (Lipinski definition) is 5. The van der Waals surface area contributed by atoms with Crippen molar-refractivity contribution < 1.29 is 32.4 Å². The number of hydrogen-bond donors (Lipinski definition) is 1. The number of nitro groups is 1. The molecular formula is C12H9BrF3N3O5. The largest absolute Gasteiger partial charge is 0.488 e. The maximum absolute atomic E-state index is 12.3. The molecule has 1 aromatic carbocycles. The summed E-state index contributed by atoms with van der Waals surface area (Å²) >= 11 is 2.98. The van der Waals surface area contributed by atoms with Crippen LogP contribution in [-0.2, 0) is 9.59 Å². The van der Waals surface area contributed by atoms with Crippen LogP contribution in [0, 0.1) is 10.1 Å². The molecule has 0 bridgehead atoms. The molecule has 2 rings (SSSR count).